The summed E-state index contributed by atoms with van der Waals surface area (Å²) in [6, 6.07) is 7.92. The summed E-state index contributed by atoms with van der Waals surface area (Å²) in [4.78, 5) is 13.1. The Morgan fingerprint density at radius 2 is 1.89 bits per heavy atom. The molecule has 5 heteroatoms. The first kappa shape index (κ1) is 14.0. The summed E-state index contributed by atoms with van der Waals surface area (Å²) < 4.78 is 0. The van der Waals surface area contributed by atoms with Crippen LogP contribution in [0.15, 0.2) is 24.3 Å². The molecule has 1 saturated heterocycles. The van der Waals surface area contributed by atoms with E-state index >= 15 is 0 Å². The summed E-state index contributed by atoms with van der Waals surface area (Å²) in [5.74, 6) is 0. The van der Waals surface area contributed by atoms with Crippen LogP contribution in [0.3, 0.4) is 0 Å². The molecule has 0 aromatic heterocycles. The van der Waals surface area contributed by atoms with Gasteiger partial charge in [-0.25, -0.2) is 0 Å². The average molecular weight is 263 g/mol. The molecule has 1 aliphatic heterocycles. The number of hydrogen-bond donors (Lipinski definition) is 1. The van der Waals surface area contributed by atoms with E-state index in [-0.39, 0.29) is 16.7 Å². The van der Waals surface area contributed by atoms with E-state index in [0.717, 1.165) is 18.7 Å². The first-order valence-corrected chi connectivity index (χ1v) is 6.72. The molecular weight excluding hydrogens is 242 g/mol. The molecule has 0 bridgehead atoms. The van der Waals surface area contributed by atoms with Gasteiger partial charge in [0.25, 0.3) is 5.69 Å². The fraction of sp³-hybridized carbons (Fsp3) is 0.571. The molecule has 0 spiro atoms. The lowest BCUT2D eigenvalue weighted by molar-refractivity contribution is -0.386. The highest BCUT2D eigenvalue weighted by molar-refractivity contribution is 5.41. The van der Waals surface area contributed by atoms with E-state index < -0.39 is 0 Å². The van der Waals surface area contributed by atoms with Gasteiger partial charge in [0.2, 0.25) is 0 Å². The zero-order chi connectivity index (χ0) is 14.0. The molecule has 19 heavy (non-hydrogen) atoms. The van der Waals surface area contributed by atoms with Crippen molar-refractivity contribution in [3.63, 3.8) is 0 Å². The van der Waals surface area contributed by atoms with Gasteiger partial charge in [0.05, 0.1) is 4.92 Å². The Morgan fingerprint density at radius 3 is 2.47 bits per heavy atom. The van der Waals surface area contributed by atoms with Crippen LogP contribution in [0.1, 0.15) is 32.4 Å². The predicted octanol–water partition coefficient (Wildman–Crippen LogP) is 2.34. The minimum atomic E-state index is -0.291. The number of nitro benzene ring substituents is 1. The average Bonchev–Trinajstić information content (AvgIpc) is 2.36. The molecule has 1 heterocycles. The highest BCUT2D eigenvalue weighted by atomic mass is 16.6. The molecule has 0 radical (unpaired) electrons. The number of rotatable bonds is 3. The molecule has 0 amide bonds. The Morgan fingerprint density at radius 1 is 1.32 bits per heavy atom. The van der Waals surface area contributed by atoms with Gasteiger partial charge < -0.3 is 5.32 Å². The number of nitrogens with zero attached hydrogens (tertiary/aromatic N) is 2. The van der Waals surface area contributed by atoms with E-state index in [4.69, 9.17) is 0 Å². The largest absolute Gasteiger partial charge is 0.309 e. The fourth-order valence-electron chi connectivity index (χ4n) is 2.89. The standard InChI is InChI=1S/C14H21N3O2/c1-10-8-16(9-11(2)15-10)12(3)13-6-4-5-7-14(13)17(18)19/h4-7,10-12,15H,8-9H2,1-3H3. The van der Waals surface area contributed by atoms with Crippen molar-refractivity contribution in [2.24, 2.45) is 0 Å². The molecule has 0 aliphatic carbocycles. The first-order chi connectivity index (χ1) is 8.99. The normalized spacial score (nSPS) is 26.1. The molecule has 1 N–H and O–H groups in total. The molecule has 5 nitrogen and oxygen atoms in total. The van der Waals surface area contributed by atoms with Gasteiger partial charge in [0, 0.05) is 42.8 Å². The molecule has 1 aromatic rings. The molecule has 1 fully saturated rings. The third kappa shape index (κ3) is 3.11. The van der Waals surface area contributed by atoms with Crippen molar-refractivity contribution in [2.75, 3.05) is 13.1 Å². The number of hydrogen-bond acceptors (Lipinski definition) is 4. The van der Waals surface area contributed by atoms with Crippen LogP contribution in [0.4, 0.5) is 5.69 Å². The monoisotopic (exact) mass is 263 g/mol. The van der Waals surface area contributed by atoms with Gasteiger partial charge in [-0.05, 0) is 20.8 Å². The molecule has 1 aromatic carbocycles. The third-order valence-corrected chi connectivity index (χ3v) is 3.72. The highest BCUT2D eigenvalue weighted by Gasteiger charge is 2.28. The van der Waals surface area contributed by atoms with Crippen LogP contribution >= 0.6 is 0 Å². The first-order valence-electron chi connectivity index (χ1n) is 6.72. The quantitative estimate of drug-likeness (QED) is 0.671. The number of piperazine rings is 1. The van der Waals surface area contributed by atoms with Crippen LogP contribution in [0.5, 0.6) is 0 Å². The van der Waals surface area contributed by atoms with Crippen LogP contribution in [0.2, 0.25) is 0 Å². The van der Waals surface area contributed by atoms with Gasteiger partial charge in [-0.1, -0.05) is 18.2 Å². The number of para-hydroxylation sites is 1. The summed E-state index contributed by atoms with van der Waals surface area (Å²) in [6.45, 7) is 8.17. The SMILES string of the molecule is CC1CN(C(C)c2ccccc2[N+](=O)[O-])CC(C)N1. The van der Waals surface area contributed by atoms with Crippen LogP contribution in [0.25, 0.3) is 0 Å². The second kappa shape index (κ2) is 5.67. The Bertz CT molecular complexity index is 454. The van der Waals surface area contributed by atoms with Crippen molar-refractivity contribution in [3.05, 3.63) is 39.9 Å². The van der Waals surface area contributed by atoms with E-state index in [1.807, 2.05) is 19.1 Å². The minimum Gasteiger partial charge on any atom is -0.309 e. The van der Waals surface area contributed by atoms with Crippen LogP contribution in [0, 0.1) is 10.1 Å². The van der Waals surface area contributed by atoms with Gasteiger partial charge in [-0.3, -0.25) is 15.0 Å². The van der Waals surface area contributed by atoms with Gasteiger partial charge in [-0.2, -0.15) is 0 Å². The smallest absolute Gasteiger partial charge is 0.274 e. The van der Waals surface area contributed by atoms with Crippen molar-refractivity contribution >= 4 is 5.69 Å². The van der Waals surface area contributed by atoms with Crippen LogP contribution < -0.4 is 5.32 Å². The molecular formula is C14H21N3O2. The zero-order valence-electron chi connectivity index (χ0n) is 11.7. The summed E-state index contributed by atoms with van der Waals surface area (Å²) in [5, 5.41) is 14.6. The van der Waals surface area contributed by atoms with E-state index in [9.17, 15) is 10.1 Å². The molecule has 3 unspecified atom stereocenters. The molecule has 2 rings (SSSR count). The second-order valence-corrected chi connectivity index (χ2v) is 5.41. The maximum absolute atomic E-state index is 11.1. The second-order valence-electron chi connectivity index (χ2n) is 5.41. The van der Waals surface area contributed by atoms with E-state index in [0.29, 0.717) is 12.1 Å². The predicted molar refractivity (Wildman–Crippen MR) is 75.1 cm³/mol. The van der Waals surface area contributed by atoms with Crippen molar-refractivity contribution in [2.45, 2.75) is 38.9 Å². The van der Waals surface area contributed by atoms with Crippen molar-refractivity contribution < 1.29 is 4.92 Å². The van der Waals surface area contributed by atoms with Gasteiger partial charge in [0.15, 0.2) is 0 Å². The van der Waals surface area contributed by atoms with E-state index in [1.54, 1.807) is 12.1 Å². The summed E-state index contributed by atoms with van der Waals surface area (Å²) in [7, 11) is 0. The number of nitrogens with one attached hydrogen (secondary N) is 1. The summed E-state index contributed by atoms with van der Waals surface area (Å²) in [6.07, 6.45) is 0. The topological polar surface area (TPSA) is 58.4 Å². The zero-order valence-corrected chi connectivity index (χ0v) is 11.7. The minimum absolute atomic E-state index is 0.0635. The lowest BCUT2D eigenvalue weighted by Gasteiger charge is -2.39. The van der Waals surface area contributed by atoms with Crippen LogP contribution in [-0.4, -0.2) is 35.0 Å². The summed E-state index contributed by atoms with van der Waals surface area (Å²) in [5.41, 5.74) is 1.02. The molecule has 0 saturated carbocycles. The van der Waals surface area contributed by atoms with E-state index in [2.05, 4.69) is 24.1 Å². The lowest BCUT2D eigenvalue weighted by Crippen LogP contribution is -2.54. The van der Waals surface area contributed by atoms with E-state index in [1.165, 1.54) is 0 Å². The third-order valence-electron chi connectivity index (χ3n) is 3.72. The van der Waals surface area contributed by atoms with Crippen molar-refractivity contribution in [1.29, 1.82) is 0 Å². The van der Waals surface area contributed by atoms with Crippen molar-refractivity contribution in [1.82, 2.24) is 10.2 Å². The Labute approximate surface area is 113 Å². The maximum atomic E-state index is 11.1. The van der Waals surface area contributed by atoms with Crippen molar-refractivity contribution in [3.8, 4) is 0 Å². The highest BCUT2D eigenvalue weighted by Crippen LogP contribution is 2.29. The Kier molecular flexibility index (Phi) is 4.17. The lowest BCUT2D eigenvalue weighted by atomic mass is 10.0. The summed E-state index contributed by atoms with van der Waals surface area (Å²) >= 11 is 0. The van der Waals surface area contributed by atoms with Crippen LogP contribution in [-0.2, 0) is 0 Å². The molecule has 1 aliphatic rings. The Hall–Kier alpha value is -1.46. The number of nitro groups is 1. The molecule has 3 atom stereocenters. The Balaban J connectivity index is 2.24. The van der Waals surface area contributed by atoms with Gasteiger partial charge in [0.1, 0.15) is 0 Å². The van der Waals surface area contributed by atoms with Gasteiger partial charge in [-0.15, -0.1) is 0 Å². The number of benzene rings is 1. The molecule has 104 valence electrons. The fourth-order valence-corrected chi connectivity index (χ4v) is 2.89. The van der Waals surface area contributed by atoms with Gasteiger partial charge >= 0.3 is 0 Å². The maximum Gasteiger partial charge on any atom is 0.274 e.